The van der Waals surface area contributed by atoms with Gasteiger partial charge in [0.2, 0.25) is 0 Å². The van der Waals surface area contributed by atoms with Crippen molar-refractivity contribution in [2.24, 2.45) is 0 Å². The molecule has 2 aromatic rings. The van der Waals surface area contributed by atoms with Crippen molar-refractivity contribution in [1.82, 2.24) is 5.32 Å². The molecule has 4 heteroatoms. The second-order valence-corrected chi connectivity index (χ2v) is 5.11. The second kappa shape index (κ2) is 5.56. The average Bonchev–Trinajstić information content (AvgIpc) is 2.90. The van der Waals surface area contributed by atoms with Gasteiger partial charge in [-0.15, -0.1) is 0 Å². The van der Waals surface area contributed by atoms with Crippen LogP contribution in [0.4, 0.5) is 4.39 Å². The van der Waals surface area contributed by atoms with Crippen LogP contribution in [0.2, 0.25) is 0 Å². The van der Waals surface area contributed by atoms with Crippen LogP contribution in [0.1, 0.15) is 33.9 Å². The number of hydrogen-bond acceptors (Lipinski definition) is 2. The molecule has 1 unspecified atom stereocenters. The molecule has 3 nitrogen and oxygen atoms in total. The molecule has 1 atom stereocenters. The van der Waals surface area contributed by atoms with E-state index in [1.807, 2.05) is 18.2 Å². The van der Waals surface area contributed by atoms with Gasteiger partial charge < -0.3 is 10.1 Å². The first kappa shape index (κ1) is 13.6. The summed E-state index contributed by atoms with van der Waals surface area (Å²) in [6, 6.07) is 12.0. The van der Waals surface area contributed by atoms with Crippen LogP contribution in [0.3, 0.4) is 0 Å². The Bertz CT molecular complexity index is 684. The lowest BCUT2D eigenvalue weighted by Gasteiger charge is -2.15. The zero-order valence-electron chi connectivity index (χ0n) is 11.7. The minimum Gasteiger partial charge on any atom is -0.496 e. The van der Waals surface area contributed by atoms with E-state index < -0.39 is 5.82 Å². The third-order valence-electron chi connectivity index (χ3n) is 3.84. The Labute approximate surface area is 122 Å². The van der Waals surface area contributed by atoms with E-state index in [-0.39, 0.29) is 17.5 Å². The van der Waals surface area contributed by atoms with Gasteiger partial charge in [0.25, 0.3) is 5.91 Å². The largest absolute Gasteiger partial charge is 0.496 e. The molecule has 0 aromatic heterocycles. The van der Waals surface area contributed by atoms with E-state index in [0.717, 1.165) is 18.4 Å². The second-order valence-electron chi connectivity index (χ2n) is 5.11. The molecular formula is C17H16FNO2. The van der Waals surface area contributed by atoms with Crippen molar-refractivity contribution in [3.05, 3.63) is 65.0 Å². The number of rotatable bonds is 3. The number of amides is 1. The first-order chi connectivity index (χ1) is 10.2. The van der Waals surface area contributed by atoms with Crippen LogP contribution in [-0.4, -0.2) is 13.0 Å². The van der Waals surface area contributed by atoms with Crippen molar-refractivity contribution in [1.29, 1.82) is 0 Å². The number of ether oxygens (including phenoxy) is 1. The van der Waals surface area contributed by atoms with Crippen LogP contribution in [0.15, 0.2) is 42.5 Å². The molecule has 0 saturated heterocycles. The third-order valence-corrected chi connectivity index (χ3v) is 3.84. The highest BCUT2D eigenvalue weighted by atomic mass is 19.1. The van der Waals surface area contributed by atoms with Gasteiger partial charge in [-0.05, 0) is 42.2 Å². The maximum Gasteiger partial charge on any atom is 0.255 e. The monoisotopic (exact) mass is 285 g/mol. The predicted molar refractivity (Wildman–Crippen MR) is 77.9 cm³/mol. The highest BCUT2D eigenvalue weighted by Gasteiger charge is 2.25. The van der Waals surface area contributed by atoms with Crippen molar-refractivity contribution in [3.63, 3.8) is 0 Å². The zero-order chi connectivity index (χ0) is 14.8. The summed E-state index contributed by atoms with van der Waals surface area (Å²) < 4.78 is 18.5. The first-order valence-corrected chi connectivity index (χ1v) is 6.91. The van der Waals surface area contributed by atoms with Gasteiger partial charge in [-0.2, -0.15) is 0 Å². The van der Waals surface area contributed by atoms with E-state index in [9.17, 15) is 9.18 Å². The lowest BCUT2D eigenvalue weighted by molar-refractivity contribution is 0.0933. The SMILES string of the molecule is COc1ccc(F)cc1C(=O)NC1CCc2ccccc21. The summed E-state index contributed by atoms with van der Waals surface area (Å²) in [6.45, 7) is 0. The minimum atomic E-state index is -0.451. The quantitative estimate of drug-likeness (QED) is 0.940. The van der Waals surface area contributed by atoms with Crippen molar-refractivity contribution in [2.45, 2.75) is 18.9 Å². The Balaban J connectivity index is 1.83. The Kier molecular flexibility index (Phi) is 3.60. The van der Waals surface area contributed by atoms with Gasteiger partial charge in [0.15, 0.2) is 0 Å². The third kappa shape index (κ3) is 2.61. The summed E-state index contributed by atoms with van der Waals surface area (Å²) in [4.78, 5) is 12.4. The summed E-state index contributed by atoms with van der Waals surface area (Å²) in [5.41, 5.74) is 2.62. The van der Waals surface area contributed by atoms with Crippen LogP contribution < -0.4 is 10.1 Å². The Hall–Kier alpha value is -2.36. The van der Waals surface area contributed by atoms with Crippen molar-refractivity contribution in [2.75, 3.05) is 7.11 Å². The highest BCUT2D eigenvalue weighted by Crippen LogP contribution is 2.31. The number of benzene rings is 2. The Morgan fingerprint density at radius 3 is 2.90 bits per heavy atom. The van der Waals surface area contributed by atoms with E-state index in [4.69, 9.17) is 4.74 Å². The molecule has 2 aromatic carbocycles. The molecule has 0 spiro atoms. The van der Waals surface area contributed by atoms with Gasteiger partial charge in [0, 0.05) is 0 Å². The molecule has 1 N–H and O–H groups in total. The van der Waals surface area contributed by atoms with E-state index in [1.54, 1.807) is 0 Å². The average molecular weight is 285 g/mol. The van der Waals surface area contributed by atoms with E-state index >= 15 is 0 Å². The number of methoxy groups -OCH3 is 1. The summed E-state index contributed by atoms with van der Waals surface area (Å²) in [5, 5.41) is 2.97. The lowest BCUT2D eigenvalue weighted by atomic mass is 10.1. The highest BCUT2D eigenvalue weighted by molar-refractivity contribution is 5.97. The topological polar surface area (TPSA) is 38.3 Å². The number of fused-ring (bicyclic) bond motifs is 1. The molecule has 1 aliphatic rings. The number of aryl methyl sites for hydroxylation is 1. The zero-order valence-corrected chi connectivity index (χ0v) is 11.7. The maximum atomic E-state index is 13.4. The van der Waals surface area contributed by atoms with Gasteiger partial charge in [0.05, 0.1) is 18.7 Å². The fourth-order valence-corrected chi connectivity index (χ4v) is 2.80. The van der Waals surface area contributed by atoms with E-state index in [2.05, 4.69) is 11.4 Å². The van der Waals surface area contributed by atoms with Gasteiger partial charge >= 0.3 is 0 Å². The fourth-order valence-electron chi connectivity index (χ4n) is 2.80. The molecule has 1 amide bonds. The lowest BCUT2D eigenvalue weighted by Crippen LogP contribution is -2.27. The molecule has 1 aliphatic carbocycles. The van der Waals surface area contributed by atoms with Gasteiger partial charge in [-0.3, -0.25) is 4.79 Å². The van der Waals surface area contributed by atoms with Gasteiger partial charge in [-0.25, -0.2) is 4.39 Å². The summed E-state index contributed by atoms with van der Waals surface area (Å²) >= 11 is 0. The van der Waals surface area contributed by atoms with Crippen LogP contribution >= 0.6 is 0 Å². The minimum absolute atomic E-state index is 0.0262. The number of carbonyl (C=O) groups is 1. The molecule has 21 heavy (non-hydrogen) atoms. The Morgan fingerprint density at radius 1 is 1.29 bits per heavy atom. The van der Waals surface area contributed by atoms with Gasteiger partial charge in [0.1, 0.15) is 11.6 Å². The standard InChI is InChI=1S/C17H16FNO2/c1-21-16-9-7-12(18)10-14(16)17(20)19-15-8-6-11-4-2-3-5-13(11)15/h2-5,7,9-10,15H,6,8H2,1H3,(H,19,20). The number of hydrogen-bond donors (Lipinski definition) is 1. The first-order valence-electron chi connectivity index (χ1n) is 6.91. The molecular weight excluding hydrogens is 269 g/mol. The predicted octanol–water partition coefficient (Wildman–Crippen LogP) is 3.25. The molecule has 0 aliphatic heterocycles. The smallest absolute Gasteiger partial charge is 0.255 e. The van der Waals surface area contributed by atoms with Crippen LogP contribution in [0, 0.1) is 5.82 Å². The number of carbonyl (C=O) groups excluding carboxylic acids is 1. The molecule has 108 valence electrons. The molecule has 0 saturated carbocycles. The molecule has 0 bridgehead atoms. The summed E-state index contributed by atoms with van der Waals surface area (Å²) in [5.74, 6) is -0.388. The van der Waals surface area contributed by atoms with Crippen LogP contribution in [-0.2, 0) is 6.42 Å². The molecule has 3 rings (SSSR count). The van der Waals surface area contributed by atoms with Crippen LogP contribution in [0.5, 0.6) is 5.75 Å². The summed E-state index contributed by atoms with van der Waals surface area (Å²) in [7, 11) is 1.47. The van der Waals surface area contributed by atoms with Crippen molar-refractivity contribution in [3.8, 4) is 5.75 Å². The Morgan fingerprint density at radius 2 is 2.10 bits per heavy atom. The van der Waals surface area contributed by atoms with Crippen molar-refractivity contribution >= 4 is 5.91 Å². The number of nitrogens with one attached hydrogen (secondary N) is 1. The summed E-state index contributed by atoms with van der Waals surface area (Å²) in [6.07, 6.45) is 1.81. The molecule has 0 heterocycles. The number of halogens is 1. The molecule has 0 radical (unpaired) electrons. The van der Waals surface area contributed by atoms with Crippen molar-refractivity contribution < 1.29 is 13.9 Å². The van der Waals surface area contributed by atoms with E-state index in [1.165, 1.54) is 30.9 Å². The van der Waals surface area contributed by atoms with Crippen LogP contribution in [0.25, 0.3) is 0 Å². The fraction of sp³-hybridized carbons (Fsp3) is 0.235. The maximum absolute atomic E-state index is 13.4. The molecule has 0 fully saturated rings. The van der Waals surface area contributed by atoms with Gasteiger partial charge in [-0.1, -0.05) is 24.3 Å². The van der Waals surface area contributed by atoms with E-state index in [0.29, 0.717) is 5.75 Å². The normalized spacial score (nSPS) is 16.4.